The van der Waals surface area contributed by atoms with Crippen LogP contribution in [0.1, 0.15) is 45.1 Å². The van der Waals surface area contributed by atoms with Crippen molar-refractivity contribution in [1.29, 1.82) is 0 Å². The standard InChI is InChI=1S/C15H18F2N2S/c1-2-9-3-5-10(6-4-9)19-14-12(18-15(19)20)8-7-11(16)13(14)17/h7-10H,2-6H2,1H3,(H,18,20). The summed E-state index contributed by atoms with van der Waals surface area (Å²) < 4.78 is 29.9. The Labute approximate surface area is 121 Å². The van der Waals surface area contributed by atoms with Crippen molar-refractivity contribution in [2.75, 3.05) is 0 Å². The maximum atomic E-state index is 14.1. The van der Waals surface area contributed by atoms with Crippen LogP contribution in [0, 0.1) is 22.3 Å². The molecule has 1 aliphatic carbocycles. The Kier molecular flexibility index (Phi) is 3.63. The van der Waals surface area contributed by atoms with Crippen LogP contribution in [0.4, 0.5) is 8.78 Å². The first-order valence-electron chi connectivity index (χ1n) is 7.20. The monoisotopic (exact) mass is 296 g/mol. The summed E-state index contributed by atoms with van der Waals surface area (Å²) in [5, 5.41) is 0. The summed E-state index contributed by atoms with van der Waals surface area (Å²) in [4.78, 5) is 2.99. The third-order valence-electron chi connectivity index (χ3n) is 4.53. The van der Waals surface area contributed by atoms with Crippen LogP contribution in [-0.4, -0.2) is 9.55 Å². The van der Waals surface area contributed by atoms with Gasteiger partial charge in [0.25, 0.3) is 0 Å². The van der Waals surface area contributed by atoms with E-state index in [4.69, 9.17) is 12.2 Å². The smallest absolute Gasteiger partial charge is 0.184 e. The summed E-state index contributed by atoms with van der Waals surface area (Å²) in [7, 11) is 0. The zero-order valence-corrected chi connectivity index (χ0v) is 12.3. The van der Waals surface area contributed by atoms with Gasteiger partial charge in [0, 0.05) is 6.04 Å². The molecular weight excluding hydrogens is 278 g/mol. The first kappa shape index (κ1) is 13.7. The van der Waals surface area contributed by atoms with Crippen LogP contribution in [0.2, 0.25) is 0 Å². The minimum Gasteiger partial charge on any atom is -0.330 e. The van der Waals surface area contributed by atoms with E-state index in [-0.39, 0.29) is 11.6 Å². The van der Waals surface area contributed by atoms with Gasteiger partial charge in [-0.3, -0.25) is 0 Å². The SMILES string of the molecule is CCC1CCC(n2c(=S)[nH]c3ccc(F)c(F)c32)CC1. The molecule has 1 aromatic carbocycles. The van der Waals surface area contributed by atoms with Gasteiger partial charge in [0.2, 0.25) is 0 Å². The summed E-state index contributed by atoms with van der Waals surface area (Å²) in [5.74, 6) is -0.859. The van der Waals surface area contributed by atoms with E-state index in [1.807, 2.05) is 0 Å². The minimum absolute atomic E-state index is 0.176. The molecule has 20 heavy (non-hydrogen) atoms. The lowest BCUT2D eigenvalue weighted by Crippen LogP contribution is -2.18. The number of benzene rings is 1. The molecule has 1 heterocycles. The lowest BCUT2D eigenvalue weighted by molar-refractivity contribution is 0.271. The molecule has 0 aliphatic heterocycles. The van der Waals surface area contributed by atoms with Gasteiger partial charge in [-0.1, -0.05) is 13.3 Å². The van der Waals surface area contributed by atoms with E-state index < -0.39 is 11.6 Å². The fourth-order valence-electron chi connectivity index (χ4n) is 3.31. The number of aromatic nitrogens is 2. The highest BCUT2D eigenvalue weighted by molar-refractivity contribution is 7.71. The number of H-pyrrole nitrogens is 1. The van der Waals surface area contributed by atoms with Crippen molar-refractivity contribution in [2.45, 2.75) is 45.1 Å². The third kappa shape index (κ3) is 2.18. The number of fused-ring (bicyclic) bond motifs is 1. The van der Waals surface area contributed by atoms with Crippen LogP contribution in [-0.2, 0) is 0 Å². The van der Waals surface area contributed by atoms with Crippen molar-refractivity contribution in [2.24, 2.45) is 5.92 Å². The number of nitrogens with zero attached hydrogens (tertiary/aromatic N) is 1. The van der Waals surface area contributed by atoms with Gasteiger partial charge in [-0.25, -0.2) is 8.78 Å². The summed E-state index contributed by atoms with van der Waals surface area (Å²) in [6, 6.07) is 2.87. The molecule has 1 saturated carbocycles. The fraction of sp³-hybridized carbons (Fsp3) is 0.533. The molecule has 1 aliphatic rings. The second kappa shape index (κ2) is 5.28. The van der Waals surface area contributed by atoms with Crippen molar-refractivity contribution < 1.29 is 8.78 Å². The average Bonchev–Trinajstić information content (AvgIpc) is 2.80. The summed E-state index contributed by atoms with van der Waals surface area (Å²) in [6.07, 6.45) is 5.42. The summed E-state index contributed by atoms with van der Waals surface area (Å²) in [5.41, 5.74) is 0.862. The molecule has 0 bridgehead atoms. The van der Waals surface area contributed by atoms with Crippen LogP contribution >= 0.6 is 12.2 Å². The zero-order valence-electron chi connectivity index (χ0n) is 11.5. The van der Waals surface area contributed by atoms with Crippen LogP contribution in [0.25, 0.3) is 11.0 Å². The zero-order chi connectivity index (χ0) is 14.3. The Morgan fingerprint density at radius 2 is 1.95 bits per heavy atom. The van der Waals surface area contributed by atoms with E-state index >= 15 is 0 Å². The molecular formula is C15H18F2N2S. The summed E-state index contributed by atoms with van der Waals surface area (Å²) in [6.45, 7) is 2.21. The van der Waals surface area contributed by atoms with Gasteiger partial charge < -0.3 is 9.55 Å². The molecule has 0 spiro atoms. The van der Waals surface area contributed by atoms with Crippen LogP contribution < -0.4 is 0 Å². The predicted molar refractivity (Wildman–Crippen MR) is 78.3 cm³/mol. The number of imidazole rings is 1. The van der Waals surface area contributed by atoms with Gasteiger partial charge in [0.1, 0.15) is 5.52 Å². The number of aromatic amines is 1. The van der Waals surface area contributed by atoms with Gasteiger partial charge in [0.15, 0.2) is 16.4 Å². The molecule has 0 saturated heterocycles. The van der Waals surface area contributed by atoms with Gasteiger partial charge in [-0.05, 0) is 56.0 Å². The molecule has 1 fully saturated rings. The largest absolute Gasteiger partial charge is 0.330 e. The molecule has 3 rings (SSSR count). The molecule has 0 unspecified atom stereocenters. The normalized spacial score (nSPS) is 23.4. The highest BCUT2D eigenvalue weighted by Gasteiger charge is 2.25. The minimum atomic E-state index is -0.817. The Morgan fingerprint density at radius 1 is 1.25 bits per heavy atom. The van der Waals surface area contributed by atoms with Crippen LogP contribution in [0.3, 0.4) is 0 Å². The third-order valence-corrected chi connectivity index (χ3v) is 4.83. The number of rotatable bonds is 2. The molecule has 2 aromatic rings. The molecule has 1 aromatic heterocycles. The average molecular weight is 296 g/mol. The summed E-state index contributed by atoms with van der Waals surface area (Å²) >= 11 is 5.31. The first-order valence-corrected chi connectivity index (χ1v) is 7.60. The maximum absolute atomic E-state index is 14.1. The number of hydrogen-bond acceptors (Lipinski definition) is 1. The van der Waals surface area contributed by atoms with E-state index in [1.54, 1.807) is 10.6 Å². The predicted octanol–water partition coefficient (Wildman–Crippen LogP) is 5.12. The van der Waals surface area contributed by atoms with Crippen molar-refractivity contribution >= 4 is 23.3 Å². The van der Waals surface area contributed by atoms with E-state index in [0.717, 1.165) is 37.7 Å². The molecule has 0 radical (unpaired) electrons. The second-order valence-corrected chi connectivity index (χ2v) is 6.03. The number of halogens is 2. The van der Waals surface area contributed by atoms with Crippen molar-refractivity contribution in [3.63, 3.8) is 0 Å². The topological polar surface area (TPSA) is 20.7 Å². The van der Waals surface area contributed by atoms with Crippen LogP contribution in [0.5, 0.6) is 0 Å². The van der Waals surface area contributed by atoms with Crippen molar-refractivity contribution in [3.8, 4) is 0 Å². The Bertz CT molecular complexity index is 681. The maximum Gasteiger partial charge on any atom is 0.184 e. The lowest BCUT2D eigenvalue weighted by Gasteiger charge is -2.29. The fourth-order valence-corrected chi connectivity index (χ4v) is 3.66. The molecule has 108 valence electrons. The number of nitrogens with one attached hydrogen (secondary N) is 1. The Morgan fingerprint density at radius 3 is 2.60 bits per heavy atom. The second-order valence-electron chi connectivity index (χ2n) is 5.64. The Balaban J connectivity index is 2.05. The van der Waals surface area contributed by atoms with E-state index in [1.165, 1.54) is 6.42 Å². The molecule has 5 heteroatoms. The molecule has 0 amide bonds. The van der Waals surface area contributed by atoms with Gasteiger partial charge in [0.05, 0.1) is 5.52 Å². The van der Waals surface area contributed by atoms with Gasteiger partial charge in [-0.2, -0.15) is 0 Å². The Hall–Kier alpha value is -1.23. The highest BCUT2D eigenvalue weighted by Crippen LogP contribution is 2.36. The quantitative estimate of drug-likeness (QED) is 0.763. The van der Waals surface area contributed by atoms with E-state index in [2.05, 4.69) is 11.9 Å². The first-order chi connectivity index (χ1) is 9.61. The molecule has 0 atom stereocenters. The number of hydrogen-bond donors (Lipinski definition) is 1. The van der Waals surface area contributed by atoms with E-state index in [0.29, 0.717) is 10.3 Å². The van der Waals surface area contributed by atoms with Crippen molar-refractivity contribution in [3.05, 3.63) is 28.5 Å². The highest BCUT2D eigenvalue weighted by atomic mass is 32.1. The van der Waals surface area contributed by atoms with Gasteiger partial charge in [-0.15, -0.1) is 0 Å². The van der Waals surface area contributed by atoms with Crippen molar-refractivity contribution in [1.82, 2.24) is 9.55 Å². The van der Waals surface area contributed by atoms with E-state index in [9.17, 15) is 8.78 Å². The lowest BCUT2D eigenvalue weighted by atomic mass is 9.84. The molecule has 1 N–H and O–H groups in total. The van der Waals surface area contributed by atoms with Gasteiger partial charge >= 0.3 is 0 Å². The molecule has 2 nitrogen and oxygen atoms in total. The van der Waals surface area contributed by atoms with Crippen LogP contribution in [0.15, 0.2) is 12.1 Å².